The minimum Gasteiger partial charge on any atom is -0.496 e. The van der Waals surface area contributed by atoms with Crippen molar-refractivity contribution in [2.45, 2.75) is 39.2 Å². The summed E-state index contributed by atoms with van der Waals surface area (Å²) in [4.78, 5) is 11.8. The van der Waals surface area contributed by atoms with Gasteiger partial charge in [-0.15, -0.1) is 0 Å². The van der Waals surface area contributed by atoms with Gasteiger partial charge in [-0.3, -0.25) is 0 Å². The summed E-state index contributed by atoms with van der Waals surface area (Å²) in [5, 5.41) is 0. The fraction of sp³-hybridized carbons (Fsp3) is 0.438. The standard InChI is InChI=1S/C16H18O3/c1-8-6-14-15(10(3)16(17)19-14)12-5-9(2)13(18-4)7-11(8)12/h5,7-8,14H,6H2,1-4H3/t8-,14+/m0/s1. The SMILES string of the molecule is COc1cc2c(cc1C)C1=C(C)C(=O)O[C@@H]1C[C@@H]2C. The minimum absolute atomic E-state index is 0.0669. The molecule has 19 heavy (non-hydrogen) atoms. The second-order valence-electron chi connectivity index (χ2n) is 5.48. The molecule has 0 bridgehead atoms. The highest BCUT2D eigenvalue weighted by Gasteiger charge is 2.38. The number of carbonyl (C=O) groups excluding carboxylic acids is 1. The Morgan fingerprint density at radius 3 is 2.74 bits per heavy atom. The van der Waals surface area contributed by atoms with E-state index in [1.165, 1.54) is 5.56 Å². The van der Waals surface area contributed by atoms with Gasteiger partial charge in [0.05, 0.1) is 7.11 Å². The Bertz CT molecular complexity index is 598. The third kappa shape index (κ3) is 1.68. The predicted molar refractivity (Wildman–Crippen MR) is 73.2 cm³/mol. The lowest BCUT2D eigenvalue weighted by Gasteiger charge is -2.29. The molecular weight excluding hydrogens is 240 g/mol. The summed E-state index contributed by atoms with van der Waals surface area (Å²) in [5.74, 6) is 1.11. The van der Waals surface area contributed by atoms with Gasteiger partial charge in [-0.25, -0.2) is 4.79 Å². The molecule has 2 aliphatic rings. The molecule has 0 fully saturated rings. The quantitative estimate of drug-likeness (QED) is 0.726. The Morgan fingerprint density at radius 2 is 2.05 bits per heavy atom. The van der Waals surface area contributed by atoms with Crippen molar-refractivity contribution in [1.29, 1.82) is 0 Å². The van der Waals surface area contributed by atoms with Gasteiger partial charge in [0.2, 0.25) is 0 Å². The number of hydrogen-bond acceptors (Lipinski definition) is 3. The summed E-state index contributed by atoms with van der Waals surface area (Å²) >= 11 is 0. The highest BCUT2D eigenvalue weighted by Crippen LogP contribution is 2.46. The van der Waals surface area contributed by atoms with Crippen LogP contribution in [-0.4, -0.2) is 19.2 Å². The second kappa shape index (κ2) is 4.12. The molecule has 1 aliphatic heterocycles. The molecule has 1 aliphatic carbocycles. The maximum atomic E-state index is 11.8. The molecule has 3 nitrogen and oxygen atoms in total. The summed E-state index contributed by atoms with van der Waals surface area (Å²) in [6, 6.07) is 4.23. The van der Waals surface area contributed by atoms with Crippen molar-refractivity contribution in [1.82, 2.24) is 0 Å². The summed E-state index contributed by atoms with van der Waals surface area (Å²) in [5.41, 5.74) is 5.33. The van der Waals surface area contributed by atoms with Crippen molar-refractivity contribution in [3.05, 3.63) is 34.4 Å². The number of hydrogen-bond donors (Lipinski definition) is 0. The van der Waals surface area contributed by atoms with Gasteiger partial charge in [0.1, 0.15) is 11.9 Å². The Labute approximate surface area is 113 Å². The van der Waals surface area contributed by atoms with Crippen LogP contribution in [0.4, 0.5) is 0 Å². The van der Waals surface area contributed by atoms with E-state index in [0.29, 0.717) is 5.92 Å². The molecule has 0 saturated carbocycles. The highest BCUT2D eigenvalue weighted by atomic mass is 16.5. The molecular formula is C16H18O3. The fourth-order valence-electron chi connectivity index (χ4n) is 3.18. The largest absolute Gasteiger partial charge is 0.496 e. The molecule has 0 aromatic heterocycles. The summed E-state index contributed by atoms with van der Waals surface area (Å²) in [6.07, 6.45) is 0.792. The fourth-order valence-corrected chi connectivity index (χ4v) is 3.18. The molecule has 100 valence electrons. The Morgan fingerprint density at radius 1 is 1.32 bits per heavy atom. The first-order valence-corrected chi connectivity index (χ1v) is 6.63. The number of fused-ring (bicyclic) bond motifs is 3. The van der Waals surface area contributed by atoms with Crippen molar-refractivity contribution < 1.29 is 14.3 Å². The van der Waals surface area contributed by atoms with Crippen molar-refractivity contribution in [3.63, 3.8) is 0 Å². The van der Waals surface area contributed by atoms with E-state index in [-0.39, 0.29) is 12.1 Å². The van der Waals surface area contributed by atoms with E-state index in [9.17, 15) is 4.79 Å². The molecule has 0 saturated heterocycles. The van der Waals surface area contributed by atoms with Crippen LogP contribution in [0.15, 0.2) is 17.7 Å². The number of aryl methyl sites for hydroxylation is 1. The predicted octanol–water partition coefficient (Wildman–Crippen LogP) is 3.21. The molecule has 1 aromatic carbocycles. The number of benzene rings is 1. The third-order valence-electron chi connectivity index (χ3n) is 4.24. The third-order valence-corrected chi connectivity index (χ3v) is 4.24. The topological polar surface area (TPSA) is 35.5 Å². The van der Waals surface area contributed by atoms with E-state index in [0.717, 1.165) is 34.4 Å². The zero-order valence-corrected chi connectivity index (χ0v) is 11.7. The van der Waals surface area contributed by atoms with Gasteiger partial charge in [-0.05, 0) is 55.0 Å². The maximum absolute atomic E-state index is 11.8. The van der Waals surface area contributed by atoms with E-state index < -0.39 is 0 Å². The van der Waals surface area contributed by atoms with Crippen LogP contribution < -0.4 is 4.74 Å². The molecule has 0 radical (unpaired) electrons. The average Bonchev–Trinajstić information content (AvgIpc) is 2.64. The summed E-state index contributed by atoms with van der Waals surface area (Å²) in [6.45, 7) is 6.06. The normalized spacial score (nSPS) is 24.9. The highest BCUT2D eigenvalue weighted by molar-refractivity contribution is 6.03. The van der Waals surface area contributed by atoms with Crippen molar-refractivity contribution in [2.24, 2.45) is 0 Å². The minimum atomic E-state index is -0.173. The van der Waals surface area contributed by atoms with Crippen LogP contribution in [0.3, 0.4) is 0 Å². The van der Waals surface area contributed by atoms with Crippen molar-refractivity contribution >= 4 is 11.5 Å². The zero-order chi connectivity index (χ0) is 13.7. The molecule has 0 amide bonds. The molecule has 2 atom stereocenters. The number of esters is 1. The molecule has 3 heteroatoms. The van der Waals surface area contributed by atoms with Crippen molar-refractivity contribution in [3.8, 4) is 5.75 Å². The first-order chi connectivity index (χ1) is 9.02. The van der Waals surface area contributed by atoms with Gasteiger partial charge in [-0.1, -0.05) is 6.92 Å². The van der Waals surface area contributed by atoms with Crippen LogP contribution in [0, 0.1) is 6.92 Å². The van der Waals surface area contributed by atoms with E-state index >= 15 is 0 Å². The van der Waals surface area contributed by atoms with E-state index in [2.05, 4.69) is 19.1 Å². The number of methoxy groups -OCH3 is 1. The molecule has 3 rings (SSSR count). The van der Waals surface area contributed by atoms with Gasteiger partial charge < -0.3 is 9.47 Å². The maximum Gasteiger partial charge on any atom is 0.334 e. The van der Waals surface area contributed by atoms with Gasteiger partial charge in [0.15, 0.2) is 0 Å². The van der Waals surface area contributed by atoms with Crippen LogP contribution in [0.25, 0.3) is 5.57 Å². The van der Waals surface area contributed by atoms with Crippen LogP contribution in [-0.2, 0) is 9.53 Å². The number of rotatable bonds is 1. The Kier molecular flexibility index (Phi) is 2.66. The lowest BCUT2D eigenvalue weighted by Crippen LogP contribution is -2.20. The van der Waals surface area contributed by atoms with Crippen LogP contribution in [0.2, 0.25) is 0 Å². The van der Waals surface area contributed by atoms with Crippen LogP contribution >= 0.6 is 0 Å². The zero-order valence-electron chi connectivity index (χ0n) is 11.7. The van der Waals surface area contributed by atoms with E-state index in [1.54, 1.807) is 7.11 Å². The van der Waals surface area contributed by atoms with E-state index in [4.69, 9.17) is 9.47 Å². The lowest BCUT2D eigenvalue weighted by molar-refractivity contribution is -0.139. The summed E-state index contributed by atoms with van der Waals surface area (Å²) in [7, 11) is 1.69. The average molecular weight is 258 g/mol. The van der Waals surface area contributed by atoms with Crippen LogP contribution in [0.1, 0.15) is 42.9 Å². The smallest absolute Gasteiger partial charge is 0.334 e. The molecule has 0 N–H and O–H groups in total. The van der Waals surface area contributed by atoms with Gasteiger partial charge in [0, 0.05) is 11.1 Å². The number of ether oxygens (including phenoxy) is 2. The molecule has 1 aromatic rings. The van der Waals surface area contributed by atoms with Gasteiger partial charge >= 0.3 is 5.97 Å². The monoisotopic (exact) mass is 258 g/mol. The van der Waals surface area contributed by atoms with Gasteiger partial charge in [0.25, 0.3) is 0 Å². The Balaban J connectivity index is 2.24. The summed E-state index contributed by atoms with van der Waals surface area (Å²) < 4.78 is 10.9. The molecule has 0 unspecified atom stereocenters. The van der Waals surface area contributed by atoms with E-state index in [1.807, 2.05) is 13.8 Å². The first kappa shape index (κ1) is 12.3. The molecule has 1 heterocycles. The Hall–Kier alpha value is -1.77. The second-order valence-corrected chi connectivity index (χ2v) is 5.48. The first-order valence-electron chi connectivity index (χ1n) is 6.63. The van der Waals surface area contributed by atoms with Gasteiger partial charge in [-0.2, -0.15) is 0 Å². The number of carbonyl (C=O) groups is 1. The van der Waals surface area contributed by atoms with Crippen molar-refractivity contribution in [2.75, 3.05) is 7.11 Å². The lowest BCUT2D eigenvalue weighted by atomic mass is 9.77. The molecule has 0 spiro atoms. The van der Waals surface area contributed by atoms with Crippen LogP contribution in [0.5, 0.6) is 5.75 Å².